The number of aliphatic imine (C=N–C) groups is 1. The van der Waals surface area contributed by atoms with Gasteiger partial charge in [0.15, 0.2) is 5.03 Å². The highest BCUT2D eigenvalue weighted by Crippen LogP contribution is 2.24. The lowest BCUT2D eigenvalue weighted by molar-refractivity contribution is -0.525. The zero-order valence-electron chi connectivity index (χ0n) is 7.71. The summed E-state index contributed by atoms with van der Waals surface area (Å²) in [4.78, 5) is 13.1. The first-order chi connectivity index (χ1) is 6.73. The molecule has 15 heavy (non-hydrogen) atoms. The molecule has 0 amide bonds. The average Bonchev–Trinajstić information content (AvgIpc) is 2.00. The lowest BCUT2D eigenvalue weighted by Crippen LogP contribution is -2.36. The summed E-state index contributed by atoms with van der Waals surface area (Å²) >= 11 is 0. The van der Waals surface area contributed by atoms with Crippen LogP contribution in [0.3, 0.4) is 0 Å². The van der Waals surface area contributed by atoms with E-state index in [0.717, 1.165) is 13.0 Å². The van der Waals surface area contributed by atoms with Crippen LogP contribution in [0.25, 0.3) is 0 Å². The summed E-state index contributed by atoms with van der Waals surface area (Å²) in [5, 5.41) is 8.85. The van der Waals surface area contributed by atoms with Gasteiger partial charge in [0, 0.05) is 5.57 Å². The molecule has 0 aromatic carbocycles. The summed E-state index contributed by atoms with van der Waals surface area (Å²) in [7, 11) is 0. The van der Waals surface area contributed by atoms with Crippen molar-refractivity contribution < 1.29 is 18.2 Å². The van der Waals surface area contributed by atoms with Crippen molar-refractivity contribution >= 4 is 5.96 Å². The minimum absolute atomic E-state index is 0.377. The van der Waals surface area contributed by atoms with Gasteiger partial charge in [0.1, 0.15) is 0 Å². The maximum Gasteiger partial charge on any atom is 0.412 e. The molecule has 6 nitrogen and oxygen atoms in total. The second-order valence-corrected chi connectivity index (χ2v) is 2.48. The fraction of sp³-hybridized carbons (Fsp3) is 0.500. The number of rotatable bonds is 3. The van der Waals surface area contributed by atoms with Crippen molar-refractivity contribution in [2.45, 2.75) is 13.1 Å². The van der Waals surface area contributed by atoms with E-state index in [1.807, 2.05) is 0 Å². The van der Waals surface area contributed by atoms with Crippen molar-refractivity contribution in [1.29, 1.82) is 0 Å². The Kier molecular flexibility index (Phi) is 4.55. The molecule has 0 aromatic heterocycles. The van der Waals surface area contributed by atoms with Crippen LogP contribution in [0.4, 0.5) is 13.2 Å². The molecule has 0 unspecified atom stereocenters. The molecular formula is C6H9F3N4O2. The molecule has 0 aliphatic heterocycles. The van der Waals surface area contributed by atoms with E-state index in [4.69, 9.17) is 5.73 Å². The third kappa shape index (κ3) is 6.29. The molecule has 86 valence electrons. The molecule has 0 aliphatic carbocycles. The Morgan fingerprint density at radius 3 is 2.60 bits per heavy atom. The SMILES string of the molecule is C/C(=C\CN=C(N)N[N+](=O)[O-])C(F)(F)F. The van der Waals surface area contributed by atoms with Gasteiger partial charge < -0.3 is 5.73 Å². The Morgan fingerprint density at radius 2 is 2.20 bits per heavy atom. The van der Waals surface area contributed by atoms with Gasteiger partial charge in [0.25, 0.3) is 5.96 Å². The molecular weight excluding hydrogens is 217 g/mol. The summed E-state index contributed by atoms with van der Waals surface area (Å²) in [5.41, 5.74) is 5.62. The average molecular weight is 226 g/mol. The second kappa shape index (κ2) is 5.17. The molecule has 0 radical (unpaired) electrons. The van der Waals surface area contributed by atoms with Gasteiger partial charge >= 0.3 is 6.18 Å². The summed E-state index contributed by atoms with van der Waals surface area (Å²) < 4.78 is 35.7. The zero-order chi connectivity index (χ0) is 12.1. The third-order valence-corrected chi connectivity index (χ3v) is 1.31. The molecule has 0 saturated carbocycles. The molecule has 0 aliphatic rings. The standard InChI is InChI=1S/C6H9F3N4O2/c1-4(6(7,8)9)2-3-11-5(10)12-13(14)15/h2H,3H2,1H3,(H3,10,11,12)/b4-2+. The van der Waals surface area contributed by atoms with Crippen LogP contribution in [0.5, 0.6) is 0 Å². The molecule has 3 N–H and O–H groups in total. The van der Waals surface area contributed by atoms with Gasteiger partial charge in [-0.1, -0.05) is 11.5 Å². The van der Waals surface area contributed by atoms with Gasteiger partial charge in [-0.2, -0.15) is 13.2 Å². The summed E-state index contributed by atoms with van der Waals surface area (Å²) in [5.74, 6) is -0.550. The molecule has 0 atom stereocenters. The van der Waals surface area contributed by atoms with E-state index in [9.17, 15) is 23.3 Å². The Balaban J connectivity index is 4.23. The van der Waals surface area contributed by atoms with Crippen molar-refractivity contribution in [1.82, 2.24) is 5.43 Å². The van der Waals surface area contributed by atoms with Crippen molar-refractivity contribution in [2.75, 3.05) is 6.54 Å². The minimum Gasteiger partial charge on any atom is -0.365 e. The Morgan fingerprint density at radius 1 is 1.67 bits per heavy atom. The van der Waals surface area contributed by atoms with Crippen LogP contribution >= 0.6 is 0 Å². The largest absolute Gasteiger partial charge is 0.412 e. The molecule has 0 spiro atoms. The number of nitro groups is 1. The van der Waals surface area contributed by atoms with Crippen molar-refractivity contribution in [3.63, 3.8) is 0 Å². The summed E-state index contributed by atoms with van der Waals surface area (Å²) in [6, 6.07) is 0. The van der Waals surface area contributed by atoms with Gasteiger partial charge in [0.2, 0.25) is 0 Å². The van der Waals surface area contributed by atoms with Crippen LogP contribution in [0.15, 0.2) is 16.6 Å². The first kappa shape index (κ1) is 13.2. The lowest BCUT2D eigenvalue weighted by Gasteiger charge is -2.04. The molecule has 9 heteroatoms. The van der Waals surface area contributed by atoms with Gasteiger partial charge in [-0.05, 0) is 6.92 Å². The van der Waals surface area contributed by atoms with Crippen LogP contribution in [-0.4, -0.2) is 23.7 Å². The maximum absolute atomic E-state index is 11.9. The monoisotopic (exact) mass is 226 g/mol. The Bertz CT molecular complexity index is 297. The van der Waals surface area contributed by atoms with Crippen molar-refractivity contribution in [3.05, 3.63) is 21.8 Å². The second-order valence-electron chi connectivity index (χ2n) is 2.48. The Labute approximate surface area is 82.8 Å². The highest BCUT2D eigenvalue weighted by molar-refractivity contribution is 5.76. The van der Waals surface area contributed by atoms with Crippen LogP contribution in [0.1, 0.15) is 6.92 Å². The number of hydrogen-bond acceptors (Lipinski definition) is 3. The number of alkyl halides is 3. The van der Waals surface area contributed by atoms with E-state index >= 15 is 0 Å². The normalized spacial score (nSPS) is 13.9. The first-order valence-electron chi connectivity index (χ1n) is 3.68. The van der Waals surface area contributed by atoms with E-state index < -0.39 is 22.7 Å². The van der Waals surface area contributed by atoms with Crippen LogP contribution in [0.2, 0.25) is 0 Å². The molecule has 0 saturated heterocycles. The predicted molar refractivity (Wildman–Crippen MR) is 46.4 cm³/mol. The fourth-order valence-corrected chi connectivity index (χ4v) is 0.526. The zero-order valence-corrected chi connectivity index (χ0v) is 7.71. The summed E-state index contributed by atoms with van der Waals surface area (Å²) in [6.07, 6.45) is -3.64. The quantitative estimate of drug-likeness (QED) is 0.242. The van der Waals surface area contributed by atoms with E-state index in [-0.39, 0.29) is 6.54 Å². The molecule has 0 heterocycles. The molecule has 0 aromatic rings. The number of nitrogens with one attached hydrogen (secondary N) is 1. The minimum atomic E-state index is -4.42. The van der Waals surface area contributed by atoms with Gasteiger partial charge in [-0.3, -0.25) is 0 Å². The molecule has 0 bridgehead atoms. The van der Waals surface area contributed by atoms with E-state index in [2.05, 4.69) is 4.99 Å². The fourth-order valence-electron chi connectivity index (χ4n) is 0.526. The highest BCUT2D eigenvalue weighted by atomic mass is 19.4. The smallest absolute Gasteiger partial charge is 0.365 e. The number of nitrogens with zero attached hydrogens (tertiary/aromatic N) is 2. The number of hydrogen-bond donors (Lipinski definition) is 2. The third-order valence-electron chi connectivity index (χ3n) is 1.31. The Hall–Kier alpha value is -1.80. The highest BCUT2D eigenvalue weighted by Gasteiger charge is 2.29. The van der Waals surface area contributed by atoms with E-state index in [0.29, 0.717) is 0 Å². The summed E-state index contributed by atoms with van der Waals surface area (Å²) in [6.45, 7) is 0.491. The number of hydrazine groups is 1. The van der Waals surface area contributed by atoms with Gasteiger partial charge in [0.05, 0.1) is 6.54 Å². The molecule has 0 fully saturated rings. The van der Waals surface area contributed by atoms with Gasteiger partial charge in [-0.25, -0.2) is 15.1 Å². The van der Waals surface area contributed by atoms with E-state index in [1.54, 1.807) is 0 Å². The number of nitrogens with two attached hydrogens (primary N) is 1. The predicted octanol–water partition coefficient (Wildman–Crippen LogP) is 0.591. The topological polar surface area (TPSA) is 93.5 Å². The van der Waals surface area contributed by atoms with Gasteiger partial charge in [-0.15, -0.1) is 0 Å². The molecule has 0 rings (SSSR count). The van der Waals surface area contributed by atoms with Crippen LogP contribution in [-0.2, 0) is 0 Å². The van der Waals surface area contributed by atoms with Crippen LogP contribution < -0.4 is 11.2 Å². The number of allylic oxidation sites excluding steroid dienone is 1. The first-order valence-corrected chi connectivity index (χ1v) is 3.68. The number of halogens is 3. The lowest BCUT2D eigenvalue weighted by atomic mass is 10.3. The van der Waals surface area contributed by atoms with E-state index in [1.165, 1.54) is 5.43 Å². The number of guanidine groups is 1. The van der Waals surface area contributed by atoms with Crippen LogP contribution in [0, 0.1) is 10.1 Å². The maximum atomic E-state index is 11.9. The van der Waals surface area contributed by atoms with Crippen molar-refractivity contribution in [2.24, 2.45) is 10.7 Å². The van der Waals surface area contributed by atoms with Crippen molar-refractivity contribution in [3.8, 4) is 0 Å².